The van der Waals surface area contributed by atoms with Crippen LogP contribution < -0.4 is 116 Å². The second kappa shape index (κ2) is 52.6. The Morgan fingerprint density at radius 3 is 1.51 bits per heavy atom. The van der Waals surface area contributed by atoms with Gasteiger partial charge >= 0.3 is 18.1 Å². The summed E-state index contributed by atoms with van der Waals surface area (Å²) in [6.07, 6.45) is -1.85. The number of primary amides is 1. The smallest absolute Gasteiger partial charge is 0.481 e. The summed E-state index contributed by atoms with van der Waals surface area (Å²) in [7, 11) is 1.91. The third-order valence-corrected chi connectivity index (χ3v) is 21.8. The summed E-state index contributed by atoms with van der Waals surface area (Å²) < 4.78 is 31.7. The van der Waals surface area contributed by atoms with Crippen molar-refractivity contribution in [3.8, 4) is 0 Å². The summed E-state index contributed by atoms with van der Waals surface area (Å²) in [5.41, 5.74) is 58.1. The largest absolute Gasteiger partial charge is 0.490 e. The molecule has 3 aliphatic rings. The summed E-state index contributed by atoms with van der Waals surface area (Å²) in [6.45, 7) is 4.90. The van der Waals surface area contributed by atoms with Gasteiger partial charge in [0.25, 0.3) is 0 Å². The highest BCUT2D eigenvalue weighted by Gasteiger charge is 2.43. The molecule has 43 nitrogen and oxygen atoms in total. The molecule has 666 valence electrons. The average molecular weight is 1730 g/mol. The lowest BCUT2D eigenvalue weighted by Crippen LogP contribution is -2.63. The fraction of sp³-hybridized carbons (Fsp3) is 0.648. The van der Waals surface area contributed by atoms with E-state index in [2.05, 4.69) is 78.5 Å². The molecule has 13 amide bonds. The van der Waals surface area contributed by atoms with Crippen LogP contribution in [0.1, 0.15) is 148 Å². The predicted molar refractivity (Wildman–Crippen MR) is 436 cm³/mol. The van der Waals surface area contributed by atoms with E-state index >= 15 is 9.59 Å². The van der Waals surface area contributed by atoms with Crippen LogP contribution in [0.5, 0.6) is 0 Å². The van der Waals surface area contributed by atoms with Crippen molar-refractivity contribution in [3.05, 3.63) is 35.4 Å². The van der Waals surface area contributed by atoms with Gasteiger partial charge in [0.15, 0.2) is 23.8 Å². The van der Waals surface area contributed by atoms with E-state index in [-0.39, 0.29) is 151 Å². The van der Waals surface area contributed by atoms with Gasteiger partial charge in [-0.1, -0.05) is 118 Å². The highest BCUT2D eigenvalue weighted by atomic mass is 33.1. The molecule has 1 aromatic carbocycles. The van der Waals surface area contributed by atoms with Crippen LogP contribution in [0.15, 0.2) is 44.2 Å². The number of alkyl halides is 3. The lowest BCUT2D eigenvalue weighted by atomic mass is 9.84. The number of carbonyl (C=O) groups excluding carboxylic acids is 13. The van der Waals surface area contributed by atoms with E-state index in [9.17, 15) is 75.8 Å². The number of halogens is 3. The zero-order valence-electron chi connectivity index (χ0n) is 67.0. The van der Waals surface area contributed by atoms with E-state index in [1.165, 1.54) is 4.90 Å². The quantitative estimate of drug-likeness (QED) is 0.0169. The fourth-order valence-corrected chi connectivity index (χ4v) is 14.8. The number of aliphatic carboxylic acids is 2. The molecule has 1 saturated carbocycles. The number of amides is 13. The number of hydrogen-bond acceptors (Lipinski definition) is 22. The Morgan fingerprint density at radius 2 is 1.00 bits per heavy atom. The van der Waals surface area contributed by atoms with E-state index < -0.39 is 193 Å². The van der Waals surface area contributed by atoms with E-state index in [0.717, 1.165) is 40.9 Å². The van der Waals surface area contributed by atoms with Crippen molar-refractivity contribution in [1.29, 1.82) is 0 Å². The summed E-state index contributed by atoms with van der Waals surface area (Å²) in [6, 6.07) is -9.38. The fourth-order valence-electron chi connectivity index (χ4n) is 12.4. The third kappa shape index (κ3) is 38.4. The Morgan fingerprint density at radius 1 is 0.546 bits per heavy atom. The standard InChI is InChI=1S/C69H116N26O15S2.C2HF3O2/c1-5-36(3)53-64(109)90-46(30-52(98)99)61(106)87-44(23-15-27-83-69(78)79)60(105)94-54(37(4)6-2)65(110)95-33-40-19-11-10-18-39(40)29-49(95)63(108)88-43(22-14-26-82-68(76)77)58(103)91-47(55(71)100)34-111-112-35-48(92-56(101)41(70)20-12-24-80-66(72)73)62(107)89-45(28-38-16-8-7-9-17-38)57(102)85-31-50(96)84-32-51(97)86-42(59(104)93-53)21-13-25-81-67(74)75;3-2(4,5)1(6)7/h10-11,18-19,36-38,41-49,53-54H,5-9,12-17,20-35,70H2,1-4H3,(H2,71,100)(H,84,96)(H,85,102)(H,86,97)(H,87,106)(H,88,108)(H,89,107)(H,90,109)(H,91,103)(H,92,101)(H,93,104)(H,94,105)(H,98,99)(H4,72,73,80)(H4,74,75,81)(H4,76,77,82)(H4,78,79,83);(H,6,7)/t36-,37-,41-,42?,43-,44-,45?,46?,47?,48-,49+,53-,54-;/m0./s1. The molecule has 0 aromatic heterocycles. The first-order chi connectivity index (χ1) is 56.1. The van der Waals surface area contributed by atoms with Crippen molar-refractivity contribution >= 4 is 134 Å². The van der Waals surface area contributed by atoms with Crippen LogP contribution in [-0.2, 0) is 84.9 Å². The minimum absolute atomic E-state index is 0.00186. The monoisotopic (exact) mass is 1730 g/mol. The Kier molecular flexibility index (Phi) is 45.1. The Labute approximate surface area is 693 Å². The molecule has 33 N–H and O–H groups in total. The molecule has 4 unspecified atom stereocenters. The van der Waals surface area contributed by atoms with Crippen molar-refractivity contribution in [2.24, 2.45) is 95.1 Å². The molecule has 2 fully saturated rings. The van der Waals surface area contributed by atoms with Crippen molar-refractivity contribution in [2.45, 2.75) is 222 Å². The van der Waals surface area contributed by atoms with Crippen LogP contribution in [0.25, 0.3) is 0 Å². The number of nitrogens with zero attached hydrogens (tertiary/aromatic N) is 5. The molecule has 48 heteroatoms. The molecule has 1 aliphatic carbocycles. The predicted octanol–water partition coefficient (Wildman–Crippen LogP) is -5.87. The maximum Gasteiger partial charge on any atom is 0.490 e. The van der Waals surface area contributed by atoms with Gasteiger partial charge < -0.3 is 131 Å². The number of guanidine groups is 4. The van der Waals surface area contributed by atoms with Gasteiger partial charge in [-0.05, 0) is 86.7 Å². The molecular weight excluding hydrogens is 1610 g/mol. The lowest BCUT2D eigenvalue weighted by molar-refractivity contribution is -0.192. The molecule has 0 radical (unpaired) electrons. The van der Waals surface area contributed by atoms with E-state index in [4.69, 9.17) is 67.2 Å². The minimum atomic E-state index is -5.08. The maximum atomic E-state index is 15.5. The Bertz CT molecular complexity index is 3750. The topological polar surface area (TPSA) is 742 Å². The number of carboxylic acids is 2. The number of carboxylic acid groups (broad SMARTS) is 2. The summed E-state index contributed by atoms with van der Waals surface area (Å²) in [5, 5.41) is 45.9. The molecule has 119 heavy (non-hydrogen) atoms. The molecule has 2 aliphatic heterocycles. The number of nitrogens with two attached hydrogens (primary N) is 10. The number of nitrogens with one attached hydrogen (secondary N) is 11. The van der Waals surface area contributed by atoms with Gasteiger partial charge in [-0.15, -0.1) is 0 Å². The van der Waals surface area contributed by atoms with Crippen LogP contribution in [0, 0.1) is 17.8 Å². The van der Waals surface area contributed by atoms with Crippen molar-refractivity contribution in [2.75, 3.05) is 50.8 Å². The van der Waals surface area contributed by atoms with E-state index in [0.29, 0.717) is 24.0 Å². The van der Waals surface area contributed by atoms with Gasteiger partial charge in [0, 0.05) is 50.7 Å². The number of rotatable bonds is 27. The molecule has 1 aromatic rings. The summed E-state index contributed by atoms with van der Waals surface area (Å²) in [4.78, 5) is 226. The van der Waals surface area contributed by atoms with Crippen LogP contribution in [0.4, 0.5) is 13.2 Å². The normalized spacial score (nSPS) is 23.3. The molecule has 0 bridgehead atoms. The van der Waals surface area contributed by atoms with Crippen molar-refractivity contribution in [1.82, 2.24) is 63.4 Å². The molecule has 0 spiro atoms. The first-order valence-corrected chi connectivity index (χ1v) is 41.2. The SMILES string of the molecule is CC[C@H](C)[C@@H]1NC(=O)C(CCCN=C(N)N)NC(=O)CNC(=O)CNC(=O)C(CC2CCCCC2)NC(=O)[C@@H](NC(=O)[C@@H](N)CCCN=C(N)N)CSSCC(C(N)=O)NC(=O)[C@H](CCCN=C(N)N)NC(=O)[C@H]2Cc3ccccc3CN2C(=O)[C@H]([C@@H](C)CC)NC(=O)[C@H](CCCN=C(N)N)NC(=O)C(CC(=O)O)NC1=O.O=C(O)C(F)(F)F. The average Bonchev–Trinajstić information content (AvgIpc) is 0.780. The van der Waals surface area contributed by atoms with Crippen LogP contribution in [0.3, 0.4) is 0 Å². The molecular formula is C71H117F3N26O17S2. The second-order valence-corrected chi connectivity index (χ2v) is 31.2. The van der Waals surface area contributed by atoms with Gasteiger partial charge in [-0.3, -0.25) is 87.1 Å². The van der Waals surface area contributed by atoms with E-state index in [1.54, 1.807) is 52.0 Å². The maximum absolute atomic E-state index is 15.5. The molecule has 2 heterocycles. The zero-order chi connectivity index (χ0) is 89.2. The van der Waals surface area contributed by atoms with E-state index in [1.807, 2.05) is 0 Å². The number of carbonyl (C=O) groups is 15. The minimum Gasteiger partial charge on any atom is -0.481 e. The molecule has 4 rings (SSSR count). The number of hydrogen-bond donors (Lipinski definition) is 23. The van der Waals surface area contributed by atoms with Gasteiger partial charge in [0.2, 0.25) is 76.8 Å². The highest BCUT2D eigenvalue weighted by Crippen LogP contribution is 2.30. The van der Waals surface area contributed by atoms with Crippen molar-refractivity contribution in [3.63, 3.8) is 0 Å². The summed E-state index contributed by atoms with van der Waals surface area (Å²) >= 11 is 0. The third-order valence-electron chi connectivity index (χ3n) is 19.4. The van der Waals surface area contributed by atoms with Crippen molar-refractivity contribution < 1.29 is 95.3 Å². The highest BCUT2D eigenvalue weighted by molar-refractivity contribution is 8.76. The number of aliphatic imine (C=N–C) groups is 4. The van der Waals surface area contributed by atoms with Gasteiger partial charge in [0.05, 0.1) is 25.6 Å². The van der Waals surface area contributed by atoms with Crippen LogP contribution in [0.2, 0.25) is 0 Å². The molecule has 13 atom stereocenters. The van der Waals surface area contributed by atoms with Gasteiger partial charge in [0.1, 0.15) is 60.4 Å². The summed E-state index contributed by atoms with van der Waals surface area (Å²) in [5.74, 6) is -19.5. The number of fused-ring (bicyclic) bond motifs is 2. The van der Waals surface area contributed by atoms with Crippen LogP contribution >= 0.6 is 21.6 Å². The first-order valence-electron chi connectivity index (χ1n) is 38.7. The van der Waals surface area contributed by atoms with Crippen LogP contribution in [-0.4, -0.2) is 251 Å². The molecule has 1 saturated heterocycles. The van der Waals surface area contributed by atoms with Gasteiger partial charge in [-0.25, -0.2) is 4.79 Å². The Hall–Kier alpha value is -11.2. The lowest BCUT2D eigenvalue weighted by Gasteiger charge is -2.40. The second-order valence-electron chi connectivity index (χ2n) is 28.7. The Balaban J connectivity index is 0.00000499. The van der Waals surface area contributed by atoms with Gasteiger partial charge in [-0.2, -0.15) is 13.2 Å². The number of benzene rings is 1. The zero-order valence-corrected chi connectivity index (χ0v) is 68.6. The first kappa shape index (κ1) is 102.